The van der Waals surface area contributed by atoms with Gasteiger partial charge < -0.3 is 11.1 Å². The zero-order valence-electron chi connectivity index (χ0n) is 9.53. The number of nitrogens with zero attached hydrogens (tertiary/aromatic N) is 1. The van der Waals surface area contributed by atoms with E-state index in [0.29, 0.717) is 0 Å². The Labute approximate surface area is 108 Å². The van der Waals surface area contributed by atoms with Crippen molar-refractivity contribution in [1.29, 1.82) is 0 Å². The number of hydrogen-bond acceptors (Lipinski definition) is 4. The summed E-state index contributed by atoms with van der Waals surface area (Å²) < 4.78 is 13.2. The fourth-order valence-corrected chi connectivity index (χ4v) is 2.33. The highest BCUT2D eigenvalue weighted by molar-refractivity contribution is 6.31. The van der Waals surface area contributed by atoms with Crippen molar-refractivity contribution in [1.82, 2.24) is 0 Å². The highest BCUT2D eigenvalue weighted by atomic mass is 35.5. The van der Waals surface area contributed by atoms with E-state index < -0.39 is 10.7 Å². The number of benzene rings is 1. The van der Waals surface area contributed by atoms with Gasteiger partial charge in [0.1, 0.15) is 11.5 Å². The molecular weight excluding hydrogens is 261 g/mol. The van der Waals surface area contributed by atoms with Gasteiger partial charge in [-0.25, -0.2) is 4.39 Å². The maximum atomic E-state index is 13.2. The van der Waals surface area contributed by atoms with E-state index in [4.69, 9.17) is 17.3 Å². The van der Waals surface area contributed by atoms with Crippen molar-refractivity contribution in [2.24, 2.45) is 5.73 Å². The van der Waals surface area contributed by atoms with Gasteiger partial charge in [0.25, 0.3) is 5.69 Å². The molecule has 1 saturated carbocycles. The van der Waals surface area contributed by atoms with Crippen LogP contribution in [0.1, 0.15) is 19.3 Å². The van der Waals surface area contributed by atoms with Crippen molar-refractivity contribution in [3.8, 4) is 0 Å². The zero-order valence-corrected chi connectivity index (χ0v) is 10.3. The number of hydrogen-bond donors (Lipinski definition) is 2. The number of anilines is 1. The Bertz CT molecular complexity index is 484. The normalized spacial score (nSPS) is 23.1. The van der Waals surface area contributed by atoms with Gasteiger partial charge in [-0.15, -0.1) is 0 Å². The maximum absolute atomic E-state index is 13.2. The first-order valence-electron chi connectivity index (χ1n) is 5.64. The van der Waals surface area contributed by atoms with Gasteiger partial charge >= 0.3 is 0 Å². The van der Waals surface area contributed by atoms with Gasteiger partial charge in [0.15, 0.2) is 0 Å². The zero-order chi connectivity index (χ0) is 13.3. The molecule has 18 heavy (non-hydrogen) atoms. The molecule has 1 aromatic carbocycles. The lowest BCUT2D eigenvalue weighted by Crippen LogP contribution is -2.35. The smallest absolute Gasteiger partial charge is 0.295 e. The minimum Gasteiger partial charge on any atom is -0.375 e. The van der Waals surface area contributed by atoms with Crippen LogP contribution in [0.15, 0.2) is 12.1 Å². The van der Waals surface area contributed by atoms with Crippen molar-refractivity contribution in [3.63, 3.8) is 0 Å². The van der Waals surface area contributed by atoms with Crippen molar-refractivity contribution in [2.75, 3.05) is 5.32 Å². The quantitative estimate of drug-likeness (QED) is 0.655. The number of rotatable bonds is 3. The van der Waals surface area contributed by atoms with Gasteiger partial charge in [-0.3, -0.25) is 10.1 Å². The molecule has 0 heterocycles. The van der Waals surface area contributed by atoms with Crippen molar-refractivity contribution >= 4 is 23.0 Å². The first kappa shape index (κ1) is 13.0. The summed E-state index contributed by atoms with van der Waals surface area (Å²) >= 11 is 5.64. The highest BCUT2D eigenvalue weighted by Crippen LogP contribution is 2.32. The highest BCUT2D eigenvalue weighted by Gasteiger charge is 2.27. The second-order valence-corrected chi connectivity index (χ2v) is 4.79. The maximum Gasteiger partial charge on any atom is 0.295 e. The third-order valence-electron chi connectivity index (χ3n) is 3.15. The predicted molar refractivity (Wildman–Crippen MR) is 67.3 cm³/mol. The fraction of sp³-hybridized carbons (Fsp3) is 0.455. The van der Waals surface area contributed by atoms with Gasteiger partial charge in [0, 0.05) is 12.1 Å². The molecule has 0 radical (unpaired) electrons. The van der Waals surface area contributed by atoms with Crippen LogP contribution in [0.25, 0.3) is 0 Å². The lowest BCUT2D eigenvalue weighted by molar-refractivity contribution is -0.384. The third-order valence-corrected chi connectivity index (χ3v) is 3.44. The van der Waals surface area contributed by atoms with Gasteiger partial charge in [-0.05, 0) is 25.3 Å². The van der Waals surface area contributed by atoms with E-state index in [9.17, 15) is 14.5 Å². The van der Waals surface area contributed by atoms with Crippen LogP contribution in [0.5, 0.6) is 0 Å². The van der Waals surface area contributed by atoms with E-state index in [-0.39, 0.29) is 28.5 Å². The standard InChI is InChI=1S/C11H13ClFN3O2/c12-6-4-10(11(16(17)18)5-7(6)13)15-9-3-1-2-8(9)14/h4-5,8-9,15H,1-3,14H2. The molecule has 2 atom stereocenters. The molecule has 0 aliphatic heterocycles. The lowest BCUT2D eigenvalue weighted by Gasteiger charge is -2.18. The Balaban J connectivity index is 2.30. The molecule has 1 aromatic rings. The van der Waals surface area contributed by atoms with Crippen LogP contribution >= 0.6 is 11.6 Å². The summed E-state index contributed by atoms with van der Waals surface area (Å²) in [4.78, 5) is 10.2. The Morgan fingerprint density at radius 1 is 1.50 bits per heavy atom. The Hall–Kier alpha value is -1.40. The molecular formula is C11H13ClFN3O2. The predicted octanol–water partition coefficient (Wildman–Crippen LogP) is 2.68. The molecule has 98 valence electrons. The molecule has 1 aliphatic carbocycles. The number of halogens is 2. The summed E-state index contributed by atoms with van der Waals surface area (Å²) in [5.41, 5.74) is 5.77. The summed E-state index contributed by atoms with van der Waals surface area (Å²) in [6.45, 7) is 0. The van der Waals surface area contributed by atoms with E-state index in [1.54, 1.807) is 0 Å². The first-order valence-corrected chi connectivity index (χ1v) is 6.02. The molecule has 1 aliphatic rings. The van der Waals surface area contributed by atoms with Crippen LogP contribution in [0.2, 0.25) is 5.02 Å². The van der Waals surface area contributed by atoms with E-state index >= 15 is 0 Å². The number of nitrogens with two attached hydrogens (primary N) is 1. The molecule has 2 unspecified atom stereocenters. The van der Waals surface area contributed by atoms with Gasteiger partial charge in [0.2, 0.25) is 0 Å². The molecule has 0 spiro atoms. The van der Waals surface area contributed by atoms with Crippen LogP contribution in [0.3, 0.4) is 0 Å². The summed E-state index contributed by atoms with van der Waals surface area (Å²) in [6, 6.07) is 1.98. The third kappa shape index (κ3) is 2.54. The Morgan fingerprint density at radius 3 is 2.78 bits per heavy atom. The van der Waals surface area contributed by atoms with Crippen LogP contribution < -0.4 is 11.1 Å². The van der Waals surface area contributed by atoms with Gasteiger partial charge in [-0.1, -0.05) is 11.6 Å². The molecule has 0 amide bonds. The lowest BCUT2D eigenvalue weighted by atomic mass is 10.1. The molecule has 3 N–H and O–H groups in total. The number of nitro benzene ring substituents is 1. The van der Waals surface area contributed by atoms with E-state index in [0.717, 1.165) is 25.3 Å². The minimum absolute atomic E-state index is 0.0368. The monoisotopic (exact) mass is 273 g/mol. The molecule has 1 fully saturated rings. The van der Waals surface area contributed by atoms with E-state index in [2.05, 4.69) is 5.32 Å². The molecule has 5 nitrogen and oxygen atoms in total. The SMILES string of the molecule is NC1CCCC1Nc1cc(Cl)c(F)cc1[N+](=O)[O-]. The van der Waals surface area contributed by atoms with Gasteiger partial charge in [0.05, 0.1) is 16.0 Å². The summed E-state index contributed by atoms with van der Waals surface area (Å²) in [7, 11) is 0. The first-order chi connectivity index (χ1) is 8.49. The molecule has 0 saturated heterocycles. The second kappa shape index (κ2) is 5.07. The molecule has 0 aromatic heterocycles. The van der Waals surface area contributed by atoms with Crippen molar-refractivity contribution < 1.29 is 9.31 Å². The summed E-state index contributed by atoms with van der Waals surface area (Å²) in [6.07, 6.45) is 2.69. The van der Waals surface area contributed by atoms with Crippen LogP contribution in [-0.2, 0) is 0 Å². The second-order valence-electron chi connectivity index (χ2n) is 4.39. The Kier molecular flexibility index (Phi) is 3.68. The van der Waals surface area contributed by atoms with E-state index in [1.165, 1.54) is 6.07 Å². The summed E-state index contributed by atoms with van der Waals surface area (Å²) in [5.74, 6) is -0.801. The Morgan fingerprint density at radius 2 is 2.22 bits per heavy atom. The average Bonchev–Trinajstić information content (AvgIpc) is 2.69. The molecule has 7 heteroatoms. The van der Waals surface area contributed by atoms with Gasteiger partial charge in [-0.2, -0.15) is 0 Å². The molecule has 0 bridgehead atoms. The number of nitrogens with one attached hydrogen (secondary N) is 1. The fourth-order valence-electron chi connectivity index (χ4n) is 2.17. The number of nitro groups is 1. The largest absolute Gasteiger partial charge is 0.375 e. The van der Waals surface area contributed by atoms with Crippen LogP contribution in [0.4, 0.5) is 15.8 Å². The average molecular weight is 274 g/mol. The minimum atomic E-state index is -0.801. The summed E-state index contributed by atoms with van der Waals surface area (Å²) in [5, 5.41) is 13.7. The van der Waals surface area contributed by atoms with Crippen molar-refractivity contribution in [2.45, 2.75) is 31.3 Å². The molecule has 2 rings (SSSR count). The van der Waals surface area contributed by atoms with Crippen LogP contribution in [-0.4, -0.2) is 17.0 Å². The van der Waals surface area contributed by atoms with Crippen LogP contribution in [0, 0.1) is 15.9 Å². The topological polar surface area (TPSA) is 81.2 Å². The van der Waals surface area contributed by atoms with E-state index in [1.807, 2.05) is 0 Å². The van der Waals surface area contributed by atoms with Crippen molar-refractivity contribution in [3.05, 3.63) is 33.1 Å².